The van der Waals surface area contributed by atoms with Crippen molar-refractivity contribution in [1.82, 2.24) is 0 Å². The quantitative estimate of drug-likeness (QED) is 0.637. The Bertz CT molecular complexity index is 753. The van der Waals surface area contributed by atoms with E-state index < -0.39 is 15.0 Å². The molecule has 2 aromatic carbocycles. The number of esters is 1. The zero-order chi connectivity index (χ0) is 15.5. The summed E-state index contributed by atoms with van der Waals surface area (Å²) in [7, 11) is 2.73. The van der Waals surface area contributed by atoms with E-state index in [0.29, 0.717) is 11.5 Å². The second-order valence-corrected chi connectivity index (χ2v) is 6.56. The number of benzene rings is 2. The van der Waals surface area contributed by atoms with Crippen molar-refractivity contribution in [1.29, 1.82) is 0 Å². The van der Waals surface area contributed by atoms with E-state index in [1.165, 1.54) is 31.4 Å². The van der Waals surface area contributed by atoms with Crippen LogP contribution in [0.1, 0.15) is 10.4 Å². The summed E-state index contributed by atoms with van der Waals surface area (Å²) in [5, 5.41) is 0. The van der Waals surface area contributed by atoms with Crippen LogP contribution in [0.3, 0.4) is 0 Å². The highest BCUT2D eigenvalue weighted by Gasteiger charge is 2.14. The van der Waals surface area contributed by atoms with Gasteiger partial charge < -0.3 is 9.47 Å². The molecular weight excluding hydrogens is 316 g/mol. The van der Waals surface area contributed by atoms with Crippen LogP contribution >= 0.6 is 10.7 Å². The summed E-state index contributed by atoms with van der Waals surface area (Å²) in [6, 6.07) is 12.1. The largest absolute Gasteiger partial charge is 0.465 e. The van der Waals surface area contributed by atoms with Gasteiger partial charge in [0.15, 0.2) is 0 Å². The summed E-state index contributed by atoms with van der Waals surface area (Å²) < 4.78 is 32.5. The number of halogens is 1. The first-order valence-electron chi connectivity index (χ1n) is 5.82. The van der Waals surface area contributed by atoms with E-state index in [1.54, 1.807) is 24.3 Å². The van der Waals surface area contributed by atoms with Gasteiger partial charge in [-0.25, -0.2) is 13.2 Å². The van der Waals surface area contributed by atoms with Crippen molar-refractivity contribution >= 4 is 25.7 Å². The molecule has 0 bridgehead atoms. The van der Waals surface area contributed by atoms with Crippen molar-refractivity contribution in [3.8, 4) is 11.5 Å². The highest BCUT2D eigenvalue weighted by atomic mass is 35.7. The molecule has 0 aliphatic heterocycles. The van der Waals surface area contributed by atoms with Crippen molar-refractivity contribution in [3.63, 3.8) is 0 Å². The summed E-state index contributed by atoms with van der Waals surface area (Å²) in [5.41, 5.74) is 0.272. The molecule has 0 aromatic heterocycles. The van der Waals surface area contributed by atoms with Gasteiger partial charge in [0.25, 0.3) is 9.05 Å². The van der Waals surface area contributed by atoms with E-state index in [-0.39, 0.29) is 10.5 Å². The van der Waals surface area contributed by atoms with E-state index >= 15 is 0 Å². The van der Waals surface area contributed by atoms with Gasteiger partial charge in [-0.3, -0.25) is 0 Å². The van der Waals surface area contributed by atoms with Crippen LogP contribution in [0, 0.1) is 0 Å². The highest BCUT2D eigenvalue weighted by Crippen LogP contribution is 2.27. The lowest BCUT2D eigenvalue weighted by molar-refractivity contribution is 0.0598. The van der Waals surface area contributed by atoms with Gasteiger partial charge >= 0.3 is 5.97 Å². The molecular formula is C14H11ClO5S. The summed E-state index contributed by atoms with van der Waals surface area (Å²) in [5.74, 6) is 0.159. The minimum absolute atomic E-state index is 0.0298. The second kappa shape index (κ2) is 6.15. The van der Waals surface area contributed by atoms with Crippen molar-refractivity contribution < 1.29 is 22.7 Å². The lowest BCUT2D eigenvalue weighted by atomic mass is 10.2. The smallest absolute Gasteiger partial charge is 0.341 e. The third kappa shape index (κ3) is 3.74. The summed E-state index contributed by atoms with van der Waals surface area (Å²) in [6.45, 7) is 0. The number of para-hydroxylation sites is 1. The number of hydrogen-bond acceptors (Lipinski definition) is 5. The van der Waals surface area contributed by atoms with E-state index in [9.17, 15) is 13.2 Å². The first-order valence-corrected chi connectivity index (χ1v) is 8.12. The molecule has 0 heterocycles. The van der Waals surface area contributed by atoms with Gasteiger partial charge in [0.2, 0.25) is 0 Å². The van der Waals surface area contributed by atoms with E-state index in [1.807, 2.05) is 0 Å². The van der Waals surface area contributed by atoms with Gasteiger partial charge in [-0.15, -0.1) is 0 Å². The van der Waals surface area contributed by atoms with E-state index in [2.05, 4.69) is 4.74 Å². The lowest BCUT2D eigenvalue weighted by Gasteiger charge is -2.09. The predicted molar refractivity (Wildman–Crippen MR) is 77.3 cm³/mol. The Morgan fingerprint density at radius 1 is 1.05 bits per heavy atom. The Balaban J connectivity index is 2.29. The number of carbonyl (C=O) groups excluding carboxylic acids is 1. The number of hydrogen-bond donors (Lipinski definition) is 0. The first kappa shape index (κ1) is 15.3. The van der Waals surface area contributed by atoms with Crippen molar-refractivity contribution in [3.05, 3.63) is 54.1 Å². The Kier molecular flexibility index (Phi) is 4.50. The minimum atomic E-state index is -3.78. The van der Waals surface area contributed by atoms with Gasteiger partial charge in [0.05, 0.1) is 12.0 Å². The van der Waals surface area contributed by atoms with Crippen LogP contribution in [0.5, 0.6) is 11.5 Å². The molecule has 0 N–H and O–H groups in total. The fraction of sp³-hybridized carbons (Fsp3) is 0.0714. The SMILES string of the molecule is COC(=O)c1ccccc1Oc1ccc(S(=O)(=O)Cl)cc1. The van der Waals surface area contributed by atoms with Crippen molar-refractivity contribution in [2.45, 2.75) is 4.90 Å². The molecule has 110 valence electrons. The maximum Gasteiger partial charge on any atom is 0.341 e. The average molecular weight is 327 g/mol. The number of ether oxygens (including phenoxy) is 2. The van der Waals surface area contributed by atoms with E-state index in [4.69, 9.17) is 15.4 Å². The molecule has 2 rings (SSSR count). The van der Waals surface area contributed by atoms with Gasteiger partial charge in [-0.2, -0.15) is 0 Å². The molecule has 0 saturated heterocycles. The zero-order valence-electron chi connectivity index (χ0n) is 10.9. The Hall–Kier alpha value is -2.05. The second-order valence-electron chi connectivity index (χ2n) is 4.00. The molecule has 0 fully saturated rings. The average Bonchev–Trinajstić information content (AvgIpc) is 2.46. The molecule has 0 aliphatic rings. The maximum atomic E-state index is 11.6. The van der Waals surface area contributed by atoms with Gasteiger partial charge in [0.1, 0.15) is 17.1 Å². The third-order valence-electron chi connectivity index (χ3n) is 2.63. The standard InChI is InChI=1S/C14H11ClO5S/c1-19-14(16)12-4-2-3-5-13(12)20-10-6-8-11(9-7-10)21(15,17)18/h2-9H,1H3. The van der Waals surface area contributed by atoms with Crippen LogP contribution in [0.2, 0.25) is 0 Å². The van der Waals surface area contributed by atoms with Crippen LogP contribution in [0.25, 0.3) is 0 Å². The van der Waals surface area contributed by atoms with Crippen LogP contribution < -0.4 is 4.74 Å². The van der Waals surface area contributed by atoms with Crippen LogP contribution in [0.15, 0.2) is 53.4 Å². The van der Waals surface area contributed by atoms with Crippen LogP contribution in [-0.4, -0.2) is 21.5 Å². The highest BCUT2D eigenvalue weighted by molar-refractivity contribution is 8.13. The Morgan fingerprint density at radius 2 is 1.67 bits per heavy atom. The van der Waals surface area contributed by atoms with Gasteiger partial charge in [-0.1, -0.05) is 12.1 Å². The normalized spacial score (nSPS) is 11.0. The van der Waals surface area contributed by atoms with Crippen molar-refractivity contribution in [2.24, 2.45) is 0 Å². The Labute approximate surface area is 126 Å². The molecule has 7 heteroatoms. The molecule has 0 unspecified atom stereocenters. The van der Waals surface area contributed by atoms with Crippen LogP contribution in [-0.2, 0) is 13.8 Å². The summed E-state index contributed by atoms with van der Waals surface area (Å²) in [6.07, 6.45) is 0. The van der Waals surface area contributed by atoms with E-state index in [0.717, 1.165) is 0 Å². The van der Waals surface area contributed by atoms with Crippen molar-refractivity contribution in [2.75, 3.05) is 7.11 Å². The zero-order valence-corrected chi connectivity index (χ0v) is 12.5. The minimum Gasteiger partial charge on any atom is -0.465 e. The van der Waals surface area contributed by atoms with Gasteiger partial charge in [-0.05, 0) is 36.4 Å². The topological polar surface area (TPSA) is 69.7 Å². The fourth-order valence-corrected chi connectivity index (χ4v) is 2.40. The summed E-state index contributed by atoms with van der Waals surface area (Å²) in [4.78, 5) is 11.6. The first-order chi connectivity index (χ1) is 9.91. The fourth-order valence-electron chi connectivity index (χ4n) is 1.63. The monoisotopic (exact) mass is 326 g/mol. The number of carbonyl (C=O) groups is 1. The molecule has 0 spiro atoms. The maximum absolute atomic E-state index is 11.6. The molecule has 0 saturated carbocycles. The molecule has 0 radical (unpaired) electrons. The molecule has 0 atom stereocenters. The molecule has 21 heavy (non-hydrogen) atoms. The number of rotatable bonds is 4. The third-order valence-corrected chi connectivity index (χ3v) is 4.00. The predicted octanol–water partition coefficient (Wildman–Crippen LogP) is 3.19. The van der Waals surface area contributed by atoms with Crippen LogP contribution in [0.4, 0.5) is 0 Å². The van der Waals surface area contributed by atoms with Gasteiger partial charge in [0, 0.05) is 10.7 Å². The lowest BCUT2D eigenvalue weighted by Crippen LogP contribution is -2.03. The molecule has 0 amide bonds. The Morgan fingerprint density at radius 3 is 2.24 bits per heavy atom. The molecule has 2 aromatic rings. The molecule has 0 aliphatic carbocycles. The summed E-state index contributed by atoms with van der Waals surface area (Å²) >= 11 is 0. The molecule has 5 nitrogen and oxygen atoms in total. The number of methoxy groups -OCH3 is 1.